The molecule has 2 aromatic carbocycles. The van der Waals surface area contributed by atoms with Crippen LogP contribution in [0.5, 0.6) is 11.5 Å². The zero-order valence-corrected chi connectivity index (χ0v) is 12.7. The molecule has 6 nitrogen and oxygen atoms in total. The van der Waals surface area contributed by atoms with Gasteiger partial charge in [-0.15, -0.1) is 0 Å². The van der Waals surface area contributed by atoms with Crippen molar-refractivity contribution in [3.05, 3.63) is 54.1 Å². The van der Waals surface area contributed by atoms with Crippen molar-refractivity contribution in [2.75, 3.05) is 5.32 Å². The van der Waals surface area contributed by atoms with E-state index in [0.29, 0.717) is 17.2 Å². The van der Waals surface area contributed by atoms with E-state index < -0.39 is 12.0 Å². The van der Waals surface area contributed by atoms with Crippen molar-refractivity contribution in [3.63, 3.8) is 0 Å². The minimum absolute atomic E-state index is 0.181. The Balaban J connectivity index is 2.09. The molecule has 1 unspecified atom stereocenters. The quantitative estimate of drug-likeness (QED) is 0.760. The van der Waals surface area contributed by atoms with E-state index in [9.17, 15) is 9.59 Å². The zero-order chi connectivity index (χ0) is 16.8. The van der Waals surface area contributed by atoms with Gasteiger partial charge < -0.3 is 20.9 Å². The van der Waals surface area contributed by atoms with Crippen LogP contribution >= 0.6 is 0 Å². The van der Waals surface area contributed by atoms with Crippen LogP contribution in [0.4, 0.5) is 5.69 Å². The first-order valence-electron chi connectivity index (χ1n) is 7.07. The van der Waals surface area contributed by atoms with Gasteiger partial charge in [0.2, 0.25) is 5.91 Å². The summed E-state index contributed by atoms with van der Waals surface area (Å²) in [5.74, 6) is -0.109. The molecule has 0 fully saturated rings. The smallest absolute Gasteiger partial charge is 0.320 e. The molecule has 1 amide bonds. The van der Waals surface area contributed by atoms with Gasteiger partial charge in [-0.2, -0.15) is 0 Å². The molecule has 1 atom stereocenters. The molecule has 0 aliphatic rings. The maximum atomic E-state index is 11.2. The number of ether oxygens (including phenoxy) is 1. The lowest BCUT2D eigenvalue weighted by Gasteiger charge is -2.12. The van der Waals surface area contributed by atoms with Crippen molar-refractivity contribution in [3.8, 4) is 11.5 Å². The fraction of sp³-hybridized carbons (Fsp3) is 0.176. The molecule has 0 aromatic heterocycles. The van der Waals surface area contributed by atoms with Crippen LogP contribution in [0.2, 0.25) is 0 Å². The van der Waals surface area contributed by atoms with Crippen molar-refractivity contribution < 1.29 is 19.4 Å². The molecule has 2 aromatic rings. The van der Waals surface area contributed by atoms with Gasteiger partial charge in [0.1, 0.15) is 11.8 Å². The van der Waals surface area contributed by atoms with E-state index in [2.05, 4.69) is 5.32 Å². The normalized spacial score (nSPS) is 11.6. The number of para-hydroxylation sites is 2. The maximum Gasteiger partial charge on any atom is 0.320 e. The number of carboxylic acids is 1. The molecule has 0 spiro atoms. The highest BCUT2D eigenvalue weighted by molar-refractivity contribution is 5.90. The van der Waals surface area contributed by atoms with E-state index in [-0.39, 0.29) is 12.3 Å². The molecule has 0 radical (unpaired) electrons. The Bertz CT molecular complexity index is 698. The molecule has 0 saturated carbocycles. The third-order valence-electron chi connectivity index (χ3n) is 3.12. The third kappa shape index (κ3) is 4.82. The summed E-state index contributed by atoms with van der Waals surface area (Å²) >= 11 is 0. The van der Waals surface area contributed by atoms with Crippen LogP contribution in [0.3, 0.4) is 0 Å². The highest BCUT2D eigenvalue weighted by atomic mass is 16.5. The van der Waals surface area contributed by atoms with Gasteiger partial charge in [0.15, 0.2) is 5.75 Å². The molecule has 6 heteroatoms. The monoisotopic (exact) mass is 314 g/mol. The van der Waals surface area contributed by atoms with Crippen LogP contribution in [0.1, 0.15) is 12.5 Å². The number of carboxylic acid groups (broad SMARTS) is 1. The molecule has 0 bridgehead atoms. The molecule has 23 heavy (non-hydrogen) atoms. The summed E-state index contributed by atoms with van der Waals surface area (Å²) in [7, 11) is 0. The second-order valence-electron chi connectivity index (χ2n) is 5.07. The first kappa shape index (κ1) is 16.5. The van der Waals surface area contributed by atoms with E-state index >= 15 is 0 Å². The van der Waals surface area contributed by atoms with Gasteiger partial charge in [-0.3, -0.25) is 9.59 Å². The molecule has 0 aliphatic heterocycles. The predicted molar refractivity (Wildman–Crippen MR) is 86.6 cm³/mol. The highest BCUT2D eigenvalue weighted by Gasteiger charge is 2.12. The number of carbonyl (C=O) groups excluding carboxylic acids is 1. The first-order chi connectivity index (χ1) is 11.0. The molecule has 0 heterocycles. The summed E-state index contributed by atoms with van der Waals surface area (Å²) in [5, 5.41) is 11.5. The highest BCUT2D eigenvalue weighted by Crippen LogP contribution is 2.29. The van der Waals surface area contributed by atoms with E-state index in [1.165, 1.54) is 6.92 Å². The Morgan fingerprint density at radius 2 is 1.83 bits per heavy atom. The Morgan fingerprint density at radius 3 is 2.43 bits per heavy atom. The number of carbonyl (C=O) groups is 2. The van der Waals surface area contributed by atoms with Gasteiger partial charge in [-0.05, 0) is 36.2 Å². The van der Waals surface area contributed by atoms with E-state index in [1.807, 2.05) is 0 Å². The van der Waals surface area contributed by atoms with Gasteiger partial charge in [0.05, 0.1) is 5.69 Å². The summed E-state index contributed by atoms with van der Waals surface area (Å²) in [4.78, 5) is 21.9. The summed E-state index contributed by atoms with van der Waals surface area (Å²) in [6.45, 7) is 1.43. The minimum atomic E-state index is -1.03. The Morgan fingerprint density at radius 1 is 1.17 bits per heavy atom. The summed E-state index contributed by atoms with van der Waals surface area (Å²) in [6.07, 6.45) is 0.248. The third-order valence-corrected chi connectivity index (χ3v) is 3.12. The lowest BCUT2D eigenvalue weighted by molar-refractivity contribution is -0.138. The molecular weight excluding hydrogens is 296 g/mol. The van der Waals surface area contributed by atoms with Crippen LogP contribution < -0.4 is 15.8 Å². The molecular formula is C17H18N2O4. The zero-order valence-electron chi connectivity index (χ0n) is 12.7. The lowest BCUT2D eigenvalue weighted by atomic mass is 10.1. The molecule has 0 aliphatic carbocycles. The number of rotatable bonds is 6. The van der Waals surface area contributed by atoms with Gasteiger partial charge in [0, 0.05) is 6.92 Å². The summed E-state index contributed by atoms with van der Waals surface area (Å²) in [5.41, 5.74) is 6.89. The van der Waals surface area contributed by atoms with Gasteiger partial charge in [-0.1, -0.05) is 24.3 Å². The fourth-order valence-corrected chi connectivity index (χ4v) is 2.01. The van der Waals surface area contributed by atoms with Crippen molar-refractivity contribution >= 4 is 17.6 Å². The number of hydrogen-bond donors (Lipinski definition) is 3. The number of hydrogen-bond acceptors (Lipinski definition) is 4. The van der Waals surface area contributed by atoms with Crippen LogP contribution in [-0.2, 0) is 16.0 Å². The number of nitrogens with one attached hydrogen (secondary N) is 1. The van der Waals surface area contributed by atoms with Gasteiger partial charge in [0.25, 0.3) is 0 Å². The molecule has 120 valence electrons. The van der Waals surface area contributed by atoms with Crippen molar-refractivity contribution in [2.24, 2.45) is 5.73 Å². The summed E-state index contributed by atoms with van der Waals surface area (Å²) < 4.78 is 5.76. The SMILES string of the molecule is CC(=O)Nc1ccccc1Oc1ccc(CC(N)C(=O)O)cc1. The second-order valence-corrected chi connectivity index (χ2v) is 5.07. The summed E-state index contributed by atoms with van der Waals surface area (Å²) in [6, 6.07) is 13.2. The van der Waals surface area contributed by atoms with Crippen LogP contribution in [0.25, 0.3) is 0 Å². The topological polar surface area (TPSA) is 102 Å². The lowest BCUT2D eigenvalue weighted by Crippen LogP contribution is -2.32. The maximum absolute atomic E-state index is 11.2. The van der Waals surface area contributed by atoms with Crippen molar-refractivity contribution in [1.29, 1.82) is 0 Å². The van der Waals surface area contributed by atoms with Gasteiger partial charge in [-0.25, -0.2) is 0 Å². The number of benzene rings is 2. The average molecular weight is 314 g/mol. The number of nitrogens with two attached hydrogens (primary N) is 1. The fourth-order valence-electron chi connectivity index (χ4n) is 2.01. The van der Waals surface area contributed by atoms with Crippen LogP contribution in [-0.4, -0.2) is 23.0 Å². The Kier molecular flexibility index (Phi) is 5.32. The molecule has 0 saturated heterocycles. The van der Waals surface area contributed by atoms with E-state index in [0.717, 1.165) is 5.56 Å². The molecule has 2 rings (SSSR count). The standard InChI is InChI=1S/C17H18N2O4/c1-11(20)19-15-4-2-3-5-16(15)23-13-8-6-12(7-9-13)10-14(18)17(21)22/h2-9,14H,10,18H2,1H3,(H,19,20)(H,21,22). The van der Waals surface area contributed by atoms with Crippen LogP contribution in [0, 0.1) is 0 Å². The van der Waals surface area contributed by atoms with E-state index in [1.54, 1.807) is 48.5 Å². The molecule has 4 N–H and O–H groups in total. The minimum Gasteiger partial charge on any atom is -0.480 e. The van der Waals surface area contributed by atoms with Crippen molar-refractivity contribution in [2.45, 2.75) is 19.4 Å². The number of amides is 1. The largest absolute Gasteiger partial charge is 0.480 e. The first-order valence-corrected chi connectivity index (χ1v) is 7.07. The van der Waals surface area contributed by atoms with E-state index in [4.69, 9.17) is 15.6 Å². The Hall–Kier alpha value is -2.86. The second kappa shape index (κ2) is 7.42. The predicted octanol–water partition coefficient (Wildman–Crippen LogP) is 2.39. The van der Waals surface area contributed by atoms with Gasteiger partial charge >= 0.3 is 5.97 Å². The average Bonchev–Trinajstić information content (AvgIpc) is 2.50. The number of aliphatic carboxylic acids is 1. The number of anilines is 1. The van der Waals surface area contributed by atoms with Crippen LogP contribution in [0.15, 0.2) is 48.5 Å². The Labute approximate surface area is 133 Å². The van der Waals surface area contributed by atoms with Crippen molar-refractivity contribution in [1.82, 2.24) is 0 Å².